The number of hydrogen-bond donors (Lipinski definition) is 0. The molecule has 0 N–H and O–H groups in total. The molecule has 0 spiro atoms. The van der Waals surface area contributed by atoms with Crippen molar-refractivity contribution in [1.29, 1.82) is 0 Å². The second-order valence-corrected chi connectivity index (χ2v) is 6.28. The van der Waals surface area contributed by atoms with E-state index in [2.05, 4.69) is 5.10 Å². The normalized spacial score (nSPS) is 11.9. The Hall–Kier alpha value is -2.47. The van der Waals surface area contributed by atoms with Crippen LogP contribution in [0.2, 0.25) is 5.02 Å². The summed E-state index contributed by atoms with van der Waals surface area (Å²) in [6.07, 6.45) is 0. The Morgan fingerprint density at radius 3 is 2.64 bits per heavy atom. The molecule has 0 saturated heterocycles. The van der Waals surface area contributed by atoms with Crippen molar-refractivity contribution < 1.29 is 18.7 Å². The van der Waals surface area contributed by atoms with Crippen molar-refractivity contribution in [2.24, 2.45) is 0 Å². The second-order valence-electron chi connectivity index (χ2n) is 5.87. The van der Waals surface area contributed by atoms with E-state index in [0.29, 0.717) is 21.6 Å². The summed E-state index contributed by atoms with van der Waals surface area (Å²) in [6, 6.07) is 9.13. The zero-order chi connectivity index (χ0) is 18.4. The molecule has 0 aliphatic carbocycles. The summed E-state index contributed by atoms with van der Waals surface area (Å²) in [6.45, 7) is 3.94. The smallest absolute Gasteiger partial charge is 0.312 e. The number of carbonyl (C=O) groups is 1. The van der Waals surface area contributed by atoms with E-state index in [-0.39, 0.29) is 6.54 Å². The minimum atomic E-state index is -4.07. The largest absolute Gasteiger partial charge is 0.544 e. The van der Waals surface area contributed by atoms with Gasteiger partial charge in [-0.05, 0) is 37.1 Å². The lowest BCUT2D eigenvalue weighted by Crippen LogP contribution is -2.39. The third-order valence-electron chi connectivity index (χ3n) is 4.22. The fourth-order valence-corrected chi connectivity index (χ4v) is 3.07. The summed E-state index contributed by atoms with van der Waals surface area (Å²) in [5, 5.41) is 16.3. The van der Waals surface area contributed by atoms with Crippen LogP contribution >= 0.6 is 11.6 Å². The molecule has 0 aliphatic heterocycles. The summed E-state index contributed by atoms with van der Waals surface area (Å²) in [5.41, 5.74) is 2.20. The van der Waals surface area contributed by atoms with Gasteiger partial charge in [-0.1, -0.05) is 35.9 Å². The lowest BCUT2D eigenvalue weighted by molar-refractivity contribution is -0.331. The minimum Gasteiger partial charge on any atom is -0.544 e. The molecular formula is C18H14ClF2N2O2-. The number of aliphatic carboxylic acids is 1. The molecule has 4 nitrogen and oxygen atoms in total. The summed E-state index contributed by atoms with van der Waals surface area (Å²) >= 11 is 6.24. The van der Waals surface area contributed by atoms with Crippen molar-refractivity contribution in [2.45, 2.75) is 26.3 Å². The Kier molecular flexibility index (Phi) is 4.24. The number of carbonyl (C=O) groups excluding carboxylic acids is 1. The summed E-state index contributed by atoms with van der Waals surface area (Å²) in [7, 11) is 0. The van der Waals surface area contributed by atoms with Gasteiger partial charge in [0.2, 0.25) is 0 Å². The number of rotatable bonds is 4. The van der Waals surface area contributed by atoms with Gasteiger partial charge < -0.3 is 9.90 Å². The van der Waals surface area contributed by atoms with E-state index in [0.717, 1.165) is 23.3 Å². The minimum absolute atomic E-state index is 0.288. The molecule has 25 heavy (non-hydrogen) atoms. The van der Waals surface area contributed by atoms with Crippen molar-refractivity contribution in [3.63, 3.8) is 0 Å². The quantitative estimate of drug-likeness (QED) is 0.715. The van der Waals surface area contributed by atoms with Crippen LogP contribution in [0.25, 0.3) is 10.9 Å². The molecule has 0 saturated carbocycles. The van der Waals surface area contributed by atoms with Gasteiger partial charge in [-0.3, -0.25) is 4.68 Å². The molecule has 0 atom stereocenters. The number of carboxylic acid groups (broad SMARTS) is 1. The number of carboxylic acids is 1. The molecule has 1 aromatic heterocycles. The molecule has 1 heterocycles. The van der Waals surface area contributed by atoms with Crippen molar-refractivity contribution in [2.75, 3.05) is 0 Å². The highest BCUT2D eigenvalue weighted by atomic mass is 35.5. The van der Waals surface area contributed by atoms with Gasteiger partial charge in [0, 0.05) is 16.0 Å². The predicted molar refractivity (Wildman–Crippen MR) is 88.7 cm³/mol. The Bertz CT molecular complexity index is 962. The maximum atomic E-state index is 13.8. The first-order chi connectivity index (χ1) is 11.7. The average Bonchev–Trinajstić information content (AvgIpc) is 2.86. The van der Waals surface area contributed by atoms with E-state index in [9.17, 15) is 18.7 Å². The van der Waals surface area contributed by atoms with Crippen LogP contribution in [0.4, 0.5) is 8.78 Å². The molecule has 130 valence electrons. The molecule has 0 bridgehead atoms. The first-order valence-corrected chi connectivity index (χ1v) is 7.90. The number of halogens is 3. The van der Waals surface area contributed by atoms with Crippen LogP contribution in [0.1, 0.15) is 22.4 Å². The Morgan fingerprint density at radius 2 is 2.00 bits per heavy atom. The van der Waals surface area contributed by atoms with E-state index in [1.54, 1.807) is 17.7 Å². The maximum Gasteiger partial charge on any atom is 0.312 e. The van der Waals surface area contributed by atoms with Crippen LogP contribution in [-0.2, 0) is 17.3 Å². The predicted octanol–water partition coefficient (Wildman–Crippen LogP) is 3.20. The van der Waals surface area contributed by atoms with Gasteiger partial charge in [-0.15, -0.1) is 0 Å². The highest BCUT2D eigenvalue weighted by Crippen LogP contribution is 2.31. The van der Waals surface area contributed by atoms with E-state index < -0.39 is 17.5 Å². The SMILES string of the molecule is Cc1cccc(Cl)c1Cn1nc(C)c2ccc(C(F)(F)C(=O)[O-])cc21. The lowest BCUT2D eigenvalue weighted by Gasteiger charge is -2.18. The van der Waals surface area contributed by atoms with E-state index in [4.69, 9.17) is 11.6 Å². The van der Waals surface area contributed by atoms with Crippen molar-refractivity contribution in [1.82, 2.24) is 9.78 Å². The first kappa shape index (κ1) is 17.4. The number of nitrogens with zero attached hydrogens (tertiary/aromatic N) is 2. The lowest BCUT2D eigenvalue weighted by atomic mass is 10.1. The molecule has 0 aliphatic rings. The van der Waals surface area contributed by atoms with Gasteiger partial charge in [-0.2, -0.15) is 13.9 Å². The van der Waals surface area contributed by atoms with Gasteiger partial charge in [0.05, 0.1) is 17.8 Å². The molecular weight excluding hydrogens is 350 g/mol. The third-order valence-corrected chi connectivity index (χ3v) is 4.57. The van der Waals surface area contributed by atoms with E-state index in [1.165, 1.54) is 6.07 Å². The molecule has 3 aromatic rings. The fraction of sp³-hybridized carbons (Fsp3) is 0.222. The third kappa shape index (κ3) is 2.98. The Labute approximate surface area is 147 Å². The molecule has 0 radical (unpaired) electrons. The zero-order valence-corrected chi connectivity index (χ0v) is 14.3. The van der Waals surface area contributed by atoms with Crippen LogP contribution in [0.15, 0.2) is 36.4 Å². The standard InChI is InChI=1S/C18H15ClF2N2O2/c1-10-4-3-5-15(19)14(10)9-23-16-8-12(18(20,21)17(24)25)6-7-13(16)11(2)22-23/h3-8H,9H2,1-2H3,(H,24,25)/p-1. The van der Waals surface area contributed by atoms with E-state index in [1.807, 2.05) is 19.1 Å². The van der Waals surface area contributed by atoms with Crippen molar-refractivity contribution >= 4 is 28.5 Å². The highest BCUT2D eigenvalue weighted by Gasteiger charge is 2.34. The van der Waals surface area contributed by atoms with Crippen LogP contribution in [0, 0.1) is 13.8 Å². The van der Waals surface area contributed by atoms with Crippen molar-refractivity contribution in [3.05, 3.63) is 63.8 Å². The number of aryl methyl sites for hydroxylation is 2. The van der Waals surface area contributed by atoms with Gasteiger partial charge in [0.15, 0.2) is 0 Å². The van der Waals surface area contributed by atoms with Crippen LogP contribution in [0.3, 0.4) is 0 Å². The molecule has 0 fully saturated rings. The fourth-order valence-electron chi connectivity index (χ4n) is 2.79. The molecule has 0 unspecified atom stereocenters. The van der Waals surface area contributed by atoms with Gasteiger partial charge in [0.25, 0.3) is 0 Å². The monoisotopic (exact) mass is 363 g/mol. The Balaban J connectivity index is 2.14. The number of aromatic nitrogens is 2. The molecule has 3 rings (SSSR count). The van der Waals surface area contributed by atoms with Crippen LogP contribution < -0.4 is 5.11 Å². The number of alkyl halides is 2. The highest BCUT2D eigenvalue weighted by molar-refractivity contribution is 6.31. The molecule has 2 aromatic carbocycles. The van der Waals surface area contributed by atoms with Gasteiger partial charge in [-0.25, -0.2) is 0 Å². The van der Waals surface area contributed by atoms with Gasteiger partial charge in [0.1, 0.15) is 5.97 Å². The first-order valence-electron chi connectivity index (χ1n) is 7.52. The number of hydrogen-bond acceptors (Lipinski definition) is 3. The maximum absolute atomic E-state index is 13.8. The average molecular weight is 364 g/mol. The Morgan fingerprint density at radius 1 is 1.28 bits per heavy atom. The van der Waals surface area contributed by atoms with Gasteiger partial charge >= 0.3 is 5.92 Å². The summed E-state index contributed by atoms with van der Waals surface area (Å²) in [5.74, 6) is -6.51. The molecule has 0 amide bonds. The summed E-state index contributed by atoms with van der Waals surface area (Å²) in [4.78, 5) is 10.7. The second kappa shape index (κ2) is 6.11. The molecule has 7 heteroatoms. The van der Waals surface area contributed by atoms with E-state index >= 15 is 0 Å². The summed E-state index contributed by atoms with van der Waals surface area (Å²) < 4.78 is 29.1. The topological polar surface area (TPSA) is 58.0 Å². The van der Waals surface area contributed by atoms with Crippen molar-refractivity contribution in [3.8, 4) is 0 Å². The number of benzene rings is 2. The number of fused-ring (bicyclic) bond motifs is 1. The zero-order valence-electron chi connectivity index (χ0n) is 13.5. The van der Waals surface area contributed by atoms with Crippen LogP contribution in [-0.4, -0.2) is 15.7 Å². The van der Waals surface area contributed by atoms with Crippen LogP contribution in [0.5, 0.6) is 0 Å².